The van der Waals surface area contributed by atoms with Crippen molar-refractivity contribution in [3.05, 3.63) is 89.5 Å². The van der Waals surface area contributed by atoms with Gasteiger partial charge in [0.05, 0.1) is 11.1 Å². The van der Waals surface area contributed by atoms with Gasteiger partial charge in [0, 0.05) is 29.5 Å². The second-order valence-electron chi connectivity index (χ2n) is 8.68. The number of ether oxygens (including phenoxy) is 3. The van der Waals surface area contributed by atoms with Crippen molar-refractivity contribution in [1.29, 1.82) is 0 Å². The van der Waals surface area contributed by atoms with Crippen LogP contribution >= 0.6 is 0 Å². The average molecular weight is 444 g/mol. The Morgan fingerprint density at radius 2 is 1.67 bits per heavy atom. The van der Waals surface area contributed by atoms with Crippen LogP contribution in [0.2, 0.25) is 0 Å². The molecule has 0 bridgehead atoms. The van der Waals surface area contributed by atoms with Gasteiger partial charge in [0.1, 0.15) is 12.4 Å². The molecule has 0 atom stereocenters. The van der Waals surface area contributed by atoms with E-state index < -0.39 is 0 Å². The standard InChI is InChI=1S/C28H29NO4/c1-19-16-28(2,3)29-24-15-14-21(22-12-8-9-13-25(22)33-18-31-4)23(26(19)24)17-32-27(30)20-10-6-5-7-11-20/h5-16,29H,17-18H2,1-4H3. The van der Waals surface area contributed by atoms with E-state index >= 15 is 0 Å². The summed E-state index contributed by atoms with van der Waals surface area (Å²) < 4.78 is 16.8. The molecule has 0 saturated carbocycles. The third kappa shape index (κ3) is 4.94. The highest BCUT2D eigenvalue weighted by Gasteiger charge is 2.27. The number of carbonyl (C=O) groups is 1. The van der Waals surface area contributed by atoms with E-state index in [2.05, 4.69) is 44.3 Å². The third-order valence-electron chi connectivity index (χ3n) is 5.61. The summed E-state index contributed by atoms with van der Waals surface area (Å²) in [6, 6.07) is 21.0. The maximum absolute atomic E-state index is 12.7. The number of hydrogen-bond acceptors (Lipinski definition) is 5. The van der Waals surface area contributed by atoms with E-state index in [1.54, 1.807) is 19.2 Å². The Balaban J connectivity index is 1.80. The number of hydrogen-bond donors (Lipinski definition) is 1. The highest BCUT2D eigenvalue weighted by Crippen LogP contribution is 2.42. The first-order valence-corrected chi connectivity index (χ1v) is 11.0. The van der Waals surface area contributed by atoms with Crippen LogP contribution in [0.25, 0.3) is 16.7 Å². The van der Waals surface area contributed by atoms with Gasteiger partial charge in [-0.25, -0.2) is 4.79 Å². The molecule has 0 saturated heterocycles. The van der Waals surface area contributed by atoms with Crippen molar-refractivity contribution in [3.63, 3.8) is 0 Å². The maximum Gasteiger partial charge on any atom is 0.338 e. The van der Waals surface area contributed by atoms with Gasteiger partial charge in [-0.15, -0.1) is 0 Å². The molecule has 0 aliphatic carbocycles. The van der Waals surface area contributed by atoms with Gasteiger partial charge in [-0.1, -0.05) is 48.5 Å². The van der Waals surface area contributed by atoms with Gasteiger partial charge in [-0.2, -0.15) is 0 Å². The van der Waals surface area contributed by atoms with Crippen molar-refractivity contribution in [2.24, 2.45) is 0 Å². The molecule has 0 unspecified atom stereocenters. The molecule has 1 aliphatic heterocycles. The smallest absolute Gasteiger partial charge is 0.338 e. The second kappa shape index (κ2) is 9.51. The van der Waals surface area contributed by atoms with Gasteiger partial charge in [0.25, 0.3) is 0 Å². The van der Waals surface area contributed by atoms with E-state index in [9.17, 15) is 4.79 Å². The number of benzene rings is 3. The molecule has 3 aromatic rings. The molecule has 0 radical (unpaired) electrons. The second-order valence-corrected chi connectivity index (χ2v) is 8.68. The zero-order valence-corrected chi connectivity index (χ0v) is 19.5. The summed E-state index contributed by atoms with van der Waals surface area (Å²) in [5.41, 5.74) is 6.36. The van der Waals surface area contributed by atoms with E-state index in [1.165, 1.54) is 0 Å². The average Bonchev–Trinajstić information content (AvgIpc) is 2.81. The lowest BCUT2D eigenvalue weighted by Gasteiger charge is -2.33. The SMILES string of the molecule is COCOc1ccccc1-c1ccc2c(c1COC(=O)c1ccccc1)C(C)=CC(C)(C)N2. The molecule has 0 aromatic heterocycles. The number of carbonyl (C=O) groups excluding carboxylic acids is 1. The molecular weight excluding hydrogens is 414 g/mol. The molecule has 0 fully saturated rings. The van der Waals surface area contributed by atoms with Crippen molar-refractivity contribution < 1.29 is 19.0 Å². The van der Waals surface area contributed by atoms with Crippen LogP contribution in [-0.2, 0) is 16.1 Å². The minimum atomic E-state index is -0.353. The Morgan fingerprint density at radius 3 is 2.42 bits per heavy atom. The van der Waals surface area contributed by atoms with Crippen LogP contribution in [0, 0.1) is 0 Å². The molecule has 170 valence electrons. The largest absolute Gasteiger partial charge is 0.467 e. The van der Waals surface area contributed by atoms with Gasteiger partial charge in [-0.05, 0) is 56.2 Å². The molecule has 3 aromatic carbocycles. The first kappa shape index (κ1) is 22.6. The van der Waals surface area contributed by atoms with Crippen LogP contribution in [-0.4, -0.2) is 25.4 Å². The topological polar surface area (TPSA) is 56.8 Å². The fraction of sp³-hybridized carbons (Fsp3) is 0.250. The van der Waals surface area contributed by atoms with E-state index in [4.69, 9.17) is 14.2 Å². The van der Waals surface area contributed by atoms with Gasteiger partial charge in [0.15, 0.2) is 6.79 Å². The lowest BCUT2D eigenvalue weighted by atomic mass is 9.85. The summed E-state index contributed by atoms with van der Waals surface area (Å²) >= 11 is 0. The van der Waals surface area contributed by atoms with Gasteiger partial charge < -0.3 is 19.5 Å². The number of nitrogens with one attached hydrogen (secondary N) is 1. The minimum Gasteiger partial charge on any atom is -0.467 e. The summed E-state index contributed by atoms with van der Waals surface area (Å²) in [6.07, 6.45) is 2.20. The van der Waals surface area contributed by atoms with Crippen LogP contribution in [0.4, 0.5) is 5.69 Å². The summed E-state index contributed by atoms with van der Waals surface area (Å²) in [5, 5.41) is 3.59. The lowest BCUT2D eigenvalue weighted by molar-refractivity contribution is 0.0473. The number of rotatable bonds is 7. The number of fused-ring (bicyclic) bond motifs is 1. The molecule has 4 rings (SSSR count). The number of allylic oxidation sites excluding steroid dienone is 1. The third-order valence-corrected chi connectivity index (χ3v) is 5.61. The van der Waals surface area contributed by atoms with Crippen molar-refractivity contribution in [1.82, 2.24) is 0 Å². The zero-order chi connectivity index (χ0) is 23.4. The first-order chi connectivity index (χ1) is 15.9. The maximum atomic E-state index is 12.7. The highest BCUT2D eigenvalue weighted by atomic mass is 16.7. The van der Waals surface area contributed by atoms with Crippen LogP contribution in [0.3, 0.4) is 0 Å². The fourth-order valence-corrected chi connectivity index (χ4v) is 4.33. The van der Waals surface area contributed by atoms with Crippen LogP contribution in [0.5, 0.6) is 5.75 Å². The Labute approximate surface area is 195 Å². The van der Waals surface area contributed by atoms with Gasteiger partial charge >= 0.3 is 5.97 Å². The Bertz CT molecular complexity index is 1180. The normalized spacial score (nSPS) is 14.0. The van der Waals surface area contributed by atoms with Crippen LogP contribution < -0.4 is 10.1 Å². The van der Waals surface area contributed by atoms with Crippen molar-refractivity contribution in [2.45, 2.75) is 32.9 Å². The van der Waals surface area contributed by atoms with E-state index in [0.29, 0.717) is 11.3 Å². The van der Waals surface area contributed by atoms with Gasteiger partial charge in [-0.3, -0.25) is 0 Å². The molecule has 1 aliphatic rings. The number of anilines is 1. The van der Waals surface area contributed by atoms with Crippen LogP contribution in [0.15, 0.2) is 72.8 Å². The molecule has 1 N–H and O–H groups in total. The summed E-state index contributed by atoms with van der Waals surface area (Å²) in [6.45, 7) is 6.65. The summed E-state index contributed by atoms with van der Waals surface area (Å²) in [7, 11) is 1.59. The quantitative estimate of drug-likeness (QED) is 0.343. The van der Waals surface area contributed by atoms with Crippen molar-refractivity contribution >= 4 is 17.2 Å². The van der Waals surface area contributed by atoms with E-state index in [1.807, 2.05) is 42.5 Å². The minimum absolute atomic E-state index is 0.137. The Hall–Kier alpha value is -3.57. The monoisotopic (exact) mass is 443 g/mol. The molecule has 5 nitrogen and oxygen atoms in total. The first-order valence-electron chi connectivity index (χ1n) is 11.0. The lowest BCUT2D eigenvalue weighted by Crippen LogP contribution is -2.32. The summed E-state index contributed by atoms with van der Waals surface area (Å²) in [5.74, 6) is 0.356. The van der Waals surface area contributed by atoms with Crippen molar-refractivity contribution in [2.75, 3.05) is 19.2 Å². The molecule has 0 amide bonds. The number of para-hydroxylation sites is 1. The predicted molar refractivity (Wildman–Crippen MR) is 131 cm³/mol. The molecular formula is C28H29NO4. The van der Waals surface area contributed by atoms with E-state index in [0.717, 1.165) is 33.5 Å². The molecule has 1 heterocycles. The molecule has 5 heteroatoms. The summed E-state index contributed by atoms with van der Waals surface area (Å²) in [4.78, 5) is 12.7. The van der Waals surface area contributed by atoms with Gasteiger partial charge in [0.2, 0.25) is 0 Å². The van der Waals surface area contributed by atoms with E-state index in [-0.39, 0.29) is 24.9 Å². The van der Waals surface area contributed by atoms with Crippen molar-refractivity contribution in [3.8, 4) is 16.9 Å². The fourth-order valence-electron chi connectivity index (χ4n) is 4.33. The number of esters is 1. The highest BCUT2D eigenvalue weighted by molar-refractivity contribution is 5.91. The molecule has 0 spiro atoms. The number of methoxy groups -OCH3 is 1. The zero-order valence-electron chi connectivity index (χ0n) is 19.5. The molecule has 33 heavy (non-hydrogen) atoms. The predicted octanol–water partition coefficient (Wildman–Crippen LogP) is 6.30. The Morgan fingerprint density at radius 1 is 0.939 bits per heavy atom. The Kier molecular flexibility index (Phi) is 6.52. The van der Waals surface area contributed by atoms with Crippen LogP contribution in [0.1, 0.15) is 42.3 Å².